The summed E-state index contributed by atoms with van der Waals surface area (Å²) in [6.45, 7) is 4.63. The van der Waals surface area contributed by atoms with E-state index in [1.807, 2.05) is 61.5 Å². The predicted octanol–water partition coefficient (Wildman–Crippen LogP) is 4.53. The Morgan fingerprint density at radius 3 is 2.44 bits per heavy atom. The van der Waals surface area contributed by atoms with Crippen LogP contribution in [0.5, 0.6) is 5.75 Å². The topological polar surface area (TPSA) is 74.5 Å². The standard InChI is InChI=1S/C20H20N2O4S/c1-3-24-16-12-10-15(11-13-16)18-21-22-20(26-18)27-17(19(23)25-4-2)14-8-6-5-7-9-14/h5-13,17H,3-4H2,1-2H3/t17-/m1/s1. The van der Waals surface area contributed by atoms with Gasteiger partial charge in [0.15, 0.2) is 0 Å². The minimum Gasteiger partial charge on any atom is -0.494 e. The monoisotopic (exact) mass is 384 g/mol. The lowest BCUT2D eigenvalue weighted by Gasteiger charge is -2.13. The van der Waals surface area contributed by atoms with Crippen molar-refractivity contribution in [2.75, 3.05) is 13.2 Å². The van der Waals surface area contributed by atoms with Gasteiger partial charge in [-0.25, -0.2) is 0 Å². The van der Waals surface area contributed by atoms with Gasteiger partial charge < -0.3 is 13.9 Å². The van der Waals surface area contributed by atoms with Gasteiger partial charge in [0.25, 0.3) is 5.22 Å². The van der Waals surface area contributed by atoms with E-state index < -0.39 is 5.25 Å². The second kappa shape index (κ2) is 9.23. The van der Waals surface area contributed by atoms with Crippen LogP contribution in [0.15, 0.2) is 64.2 Å². The molecule has 0 aliphatic carbocycles. The highest BCUT2D eigenvalue weighted by Crippen LogP contribution is 2.36. The number of carbonyl (C=O) groups is 1. The maximum absolute atomic E-state index is 12.4. The zero-order chi connectivity index (χ0) is 19.1. The third kappa shape index (κ3) is 4.89. The van der Waals surface area contributed by atoms with Gasteiger partial charge in [-0.2, -0.15) is 0 Å². The van der Waals surface area contributed by atoms with E-state index in [-0.39, 0.29) is 5.97 Å². The average Bonchev–Trinajstić information content (AvgIpc) is 3.16. The van der Waals surface area contributed by atoms with Gasteiger partial charge in [0.1, 0.15) is 11.0 Å². The van der Waals surface area contributed by atoms with Crippen LogP contribution < -0.4 is 4.74 Å². The summed E-state index contributed by atoms with van der Waals surface area (Å²) in [6, 6.07) is 16.8. The number of ether oxygens (including phenoxy) is 2. The van der Waals surface area contributed by atoms with E-state index in [9.17, 15) is 4.79 Å². The first-order valence-electron chi connectivity index (χ1n) is 8.66. The Kier molecular flexibility index (Phi) is 6.49. The first kappa shape index (κ1) is 19.0. The molecule has 0 bridgehead atoms. The lowest BCUT2D eigenvalue weighted by Crippen LogP contribution is -2.13. The number of nitrogens with zero attached hydrogens (tertiary/aromatic N) is 2. The molecule has 3 aromatic rings. The van der Waals surface area contributed by atoms with Crippen LogP contribution in [-0.2, 0) is 9.53 Å². The molecule has 1 aromatic heterocycles. The molecule has 1 atom stereocenters. The van der Waals surface area contributed by atoms with Gasteiger partial charge >= 0.3 is 5.97 Å². The fourth-order valence-electron chi connectivity index (χ4n) is 2.43. The van der Waals surface area contributed by atoms with Crippen molar-refractivity contribution in [2.24, 2.45) is 0 Å². The summed E-state index contributed by atoms with van der Waals surface area (Å²) in [5, 5.41) is 7.89. The first-order valence-corrected chi connectivity index (χ1v) is 9.54. The smallest absolute Gasteiger partial charge is 0.324 e. The van der Waals surface area contributed by atoms with E-state index >= 15 is 0 Å². The molecule has 0 amide bonds. The van der Waals surface area contributed by atoms with E-state index in [0.717, 1.165) is 16.9 Å². The maximum Gasteiger partial charge on any atom is 0.324 e. The van der Waals surface area contributed by atoms with Crippen LogP contribution in [0.2, 0.25) is 0 Å². The molecule has 0 N–H and O–H groups in total. The normalized spacial score (nSPS) is 11.8. The zero-order valence-corrected chi connectivity index (χ0v) is 15.9. The van der Waals surface area contributed by atoms with Crippen molar-refractivity contribution in [3.63, 3.8) is 0 Å². The highest BCUT2D eigenvalue weighted by Gasteiger charge is 2.26. The fraction of sp³-hybridized carbons (Fsp3) is 0.250. The Labute approximate surface area is 161 Å². The molecule has 0 aliphatic heterocycles. The highest BCUT2D eigenvalue weighted by molar-refractivity contribution is 8.00. The van der Waals surface area contributed by atoms with Gasteiger partial charge in [-0.1, -0.05) is 30.3 Å². The first-order chi connectivity index (χ1) is 13.2. The summed E-state index contributed by atoms with van der Waals surface area (Å²) in [7, 11) is 0. The summed E-state index contributed by atoms with van der Waals surface area (Å²) in [5.74, 6) is 0.826. The molecule has 7 heteroatoms. The van der Waals surface area contributed by atoms with E-state index in [2.05, 4.69) is 10.2 Å². The van der Waals surface area contributed by atoms with Crippen LogP contribution in [0, 0.1) is 0 Å². The molecule has 0 fully saturated rings. The fourth-order valence-corrected chi connectivity index (χ4v) is 3.31. The molecule has 27 heavy (non-hydrogen) atoms. The highest BCUT2D eigenvalue weighted by atomic mass is 32.2. The van der Waals surface area contributed by atoms with Crippen molar-refractivity contribution in [3.05, 3.63) is 60.2 Å². The lowest BCUT2D eigenvalue weighted by molar-refractivity contribution is -0.142. The van der Waals surface area contributed by atoms with Gasteiger partial charge in [-0.3, -0.25) is 4.79 Å². The van der Waals surface area contributed by atoms with Crippen molar-refractivity contribution in [2.45, 2.75) is 24.3 Å². The zero-order valence-electron chi connectivity index (χ0n) is 15.1. The predicted molar refractivity (Wildman–Crippen MR) is 103 cm³/mol. The quantitative estimate of drug-likeness (QED) is 0.417. The van der Waals surface area contributed by atoms with Crippen molar-refractivity contribution in [1.29, 1.82) is 0 Å². The average molecular weight is 384 g/mol. The second-order valence-corrected chi connectivity index (χ2v) is 6.55. The lowest BCUT2D eigenvalue weighted by atomic mass is 10.1. The number of esters is 1. The van der Waals surface area contributed by atoms with Crippen LogP contribution in [0.1, 0.15) is 24.7 Å². The van der Waals surface area contributed by atoms with E-state index in [4.69, 9.17) is 13.9 Å². The van der Waals surface area contributed by atoms with Gasteiger partial charge in [-0.05, 0) is 55.4 Å². The number of hydrogen-bond donors (Lipinski definition) is 0. The van der Waals surface area contributed by atoms with Gasteiger partial charge in [-0.15, -0.1) is 10.2 Å². The number of carbonyl (C=O) groups excluding carboxylic acids is 1. The molecule has 6 nitrogen and oxygen atoms in total. The Bertz CT molecular complexity index is 865. The Balaban J connectivity index is 1.78. The number of benzene rings is 2. The van der Waals surface area contributed by atoms with E-state index in [1.165, 1.54) is 11.8 Å². The van der Waals surface area contributed by atoms with E-state index in [0.29, 0.717) is 24.3 Å². The second-order valence-electron chi connectivity index (χ2n) is 5.49. The third-order valence-corrected chi connectivity index (χ3v) is 4.71. The third-order valence-electron chi connectivity index (χ3n) is 3.64. The molecule has 1 heterocycles. The molecule has 0 saturated carbocycles. The molecular weight excluding hydrogens is 364 g/mol. The molecular formula is C20H20N2O4S. The number of aromatic nitrogens is 2. The van der Waals surface area contributed by atoms with E-state index in [1.54, 1.807) is 6.92 Å². The number of rotatable bonds is 8. The van der Waals surface area contributed by atoms with Crippen LogP contribution in [0.3, 0.4) is 0 Å². The molecule has 3 rings (SSSR count). The summed E-state index contributed by atoms with van der Waals surface area (Å²) in [5.41, 5.74) is 1.60. The molecule has 0 radical (unpaired) electrons. The Morgan fingerprint density at radius 2 is 1.78 bits per heavy atom. The summed E-state index contributed by atoms with van der Waals surface area (Å²) >= 11 is 1.18. The van der Waals surface area contributed by atoms with Gasteiger partial charge in [0.2, 0.25) is 5.89 Å². The molecule has 0 spiro atoms. The molecule has 140 valence electrons. The van der Waals surface area contributed by atoms with Crippen molar-refractivity contribution >= 4 is 17.7 Å². The summed E-state index contributed by atoms with van der Waals surface area (Å²) in [6.07, 6.45) is 0. The summed E-state index contributed by atoms with van der Waals surface area (Å²) < 4.78 is 16.4. The van der Waals surface area contributed by atoms with Crippen molar-refractivity contribution in [1.82, 2.24) is 10.2 Å². The van der Waals surface area contributed by atoms with Crippen LogP contribution in [0.25, 0.3) is 11.5 Å². The van der Waals surface area contributed by atoms with Crippen LogP contribution >= 0.6 is 11.8 Å². The van der Waals surface area contributed by atoms with Crippen molar-refractivity contribution in [3.8, 4) is 17.2 Å². The maximum atomic E-state index is 12.4. The van der Waals surface area contributed by atoms with Gasteiger partial charge in [0, 0.05) is 5.56 Å². The summed E-state index contributed by atoms with van der Waals surface area (Å²) in [4.78, 5) is 12.4. The number of thioether (sulfide) groups is 1. The Hall–Kier alpha value is -2.80. The molecule has 0 aliphatic rings. The molecule has 2 aromatic carbocycles. The Morgan fingerprint density at radius 1 is 1.04 bits per heavy atom. The molecule has 0 unspecified atom stereocenters. The largest absolute Gasteiger partial charge is 0.494 e. The van der Waals surface area contributed by atoms with Crippen molar-refractivity contribution < 1.29 is 18.7 Å². The van der Waals surface area contributed by atoms with Crippen LogP contribution in [-0.4, -0.2) is 29.4 Å². The minimum absolute atomic E-state index is 0.306. The van der Waals surface area contributed by atoms with Gasteiger partial charge in [0.05, 0.1) is 13.2 Å². The molecule has 0 saturated heterocycles. The number of hydrogen-bond acceptors (Lipinski definition) is 7. The SMILES string of the molecule is CCOC(=O)[C@H](Sc1nnc(-c2ccc(OCC)cc2)o1)c1ccccc1. The van der Waals surface area contributed by atoms with Crippen LogP contribution in [0.4, 0.5) is 0 Å². The minimum atomic E-state index is -0.570.